The van der Waals surface area contributed by atoms with Crippen molar-refractivity contribution < 1.29 is 9.53 Å². The van der Waals surface area contributed by atoms with Gasteiger partial charge in [-0.1, -0.05) is 0 Å². The van der Waals surface area contributed by atoms with Gasteiger partial charge in [0, 0.05) is 12.5 Å². The highest BCUT2D eigenvalue weighted by molar-refractivity contribution is 5.85. The lowest BCUT2D eigenvalue weighted by molar-refractivity contribution is -0.122. The first-order valence-electron chi connectivity index (χ1n) is 5.35. The Labute approximate surface area is 96.3 Å². The van der Waals surface area contributed by atoms with Crippen molar-refractivity contribution in [2.24, 2.45) is 5.73 Å². The van der Waals surface area contributed by atoms with E-state index in [1.54, 1.807) is 0 Å². The van der Waals surface area contributed by atoms with Crippen molar-refractivity contribution in [1.82, 2.24) is 5.32 Å². The number of amides is 1. The monoisotopic (exact) mass is 234 g/mol. The number of rotatable bonds is 3. The summed E-state index contributed by atoms with van der Waals surface area (Å²) in [5.74, 6) is 0.0566. The minimum absolute atomic E-state index is 0. The van der Waals surface area contributed by atoms with Gasteiger partial charge < -0.3 is 15.8 Å². The van der Waals surface area contributed by atoms with Crippen molar-refractivity contribution in [3.05, 3.63) is 0 Å². The van der Waals surface area contributed by atoms with Gasteiger partial charge in [-0.15, -0.1) is 12.4 Å². The van der Waals surface area contributed by atoms with Gasteiger partial charge in [0.05, 0.1) is 18.2 Å². The van der Waals surface area contributed by atoms with E-state index >= 15 is 0 Å². The Morgan fingerprint density at radius 3 is 2.80 bits per heavy atom. The van der Waals surface area contributed by atoms with E-state index in [0.29, 0.717) is 12.5 Å². The van der Waals surface area contributed by atoms with Gasteiger partial charge >= 0.3 is 0 Å². The molecule has 2 fully saturated rings. The van der Waals surface area contributed by atoms with E-state index in [1.807, 2.05) is 6.92 Å². The van der Waals surface area contributed by atoms with Crippen LogP contribution in [0.15, 0.2) is 0 Å². The van der Waals surface area contributed by atoms with Gasteiger partial charge in [0.25, 0.3) is 0 Å². The average molecular weight is 235 g/mol. The summed E-state index contributed by atoms with van der Waals surface area (Å²) in [7, 11) is 0. The van der Waals surface area contributed by atoms with Gasteiger partial charge in [-0.25, -0.2) is 0 Å². The summed E-state index contributed by atoms with van der Waals surface area (Å²) in [5, 5.41) is 3.00. The fourth-order valence-electron chi connectivity index (χ4n) is 2.35. The first kappa shape index (κ1) is 12.7. The van der Waals surface area contributed by atoms with Crippen molar-refractivity contribution in [2.45, 2.75) is 56.9 Å². The van der Waals surface area contributed by atoms with Crippen LogP contribution in [0, 0.1) is 0 Å². The summed E-state index contributed by atoms with van der Waals surface area (Å²) in [5.41, 5.74) is 5.55. The quantitative estimate of drug-likeness (QED) is 0.751. The molecule has 0 radical (unpaired) electrons. The van der Waals surface area contributed by atoms with Crippen LogP contribution < -0.4 is 11.1 Å². The van der Waals surface area contributed by atoms with Gasteiger partial charge in [0.1, 0.15) is 0 Å². The number of nitrogens with one attached hydrogen (secondary N) is 1. The first-order valence-corrected chi connectivity index (χ1v) is 5.35. The molecule has 0 aromatic heterocycles. The van der Waals surface area contributed by atoms with E-state index < -0.39 is 0 Å². The van der Waals surface area contributed by atoms with Gasteiger partial charge in [-0.3, -0.25) is 4.79 Å². The van der Waals surface area contributed by atoms with Crippen LogP contribution in [0.5, 0.6) is 0 Å². The molecule has 2 bridgehead atoms. The zero-order chi connectivity index (χ0) is 10.1. The normalized spacial score (nSPS) is 34.7. The molecule has 4 nitrogen and oxygen atoms in total. The van der Waals surface area contributed by atoms with Crippen LogP contribution in [0.25, 0.3) is 0 Å². The van der Waals surface area contributed by atoms with Crippen LogP contribution in [0.3, 0.4) is 0 Å². The highest BCUT2D eigenvalue weighted by Gasteiger charge is 2.41. The number of ether oxygens (including phenoxy) is 1. The maximum absolute atomic E-state index is 11.4. The molecule has 88 valence electrons. The molecule has 0 aromatic rings. The molecule has 1 unspecified atom stereocenters. The molecule has 0 saturated carbocycles. The van der Waals surface area contributed by atoms with Crippen LogP contribution >= 0.6 is 12.4 Å². The number of halogens is 1. The van der Waals surface area contributed by atoms with Crippen molar-refractivity contribution >= 4 is 18.3 Å². The van der Waals surface area contributed by atoms with Crippen molar-refractivity contribution in [2.75, 3.05) is 0 Å². The molecule has 0 aromatic carbocycles. The van der Waals surface area contributed by atoms with Crippen LogP contribution in [0.2, 0.25) is 0 Å². The van der Waals surface area contributed by atoms with E-state index in [2.05, 4.69) is 5.32 Å². The standard InChI is InChI=1S/C10H18N2O2.ClH/c1-6(11)4-10(13)12-8-5-7-2-3-9(8)14-7;/h6-9H,2-5,11H2,1H3,(H,12,13);1H/t6?,7-,8-,9+;/m1./s1. The summed E-state index contributed by atoms with van der Waals surface area (Å²) in [4.78, 5) is 11.4. The van der Waals surface area contributed by atoms with Crippen LogP contribution in [0.4, 0.5) is 0 Å². The molecule has 4 atom stereocenters. The number of nitrogens with two attached hydrogens (primary N) is 1. The largest absolute Gasteiger partial charge is 0.373 e. The topological polar surface area (TPSA) is 64.4 Å². The third-order valence-corrected chi connectivity index (χ3v) is 2.96. The lowest BCUT2D eigenvalue weighted by Crippen LogP contribution is -2.42. The fraction of sp³-hybridized carbons (Fsp3) is 0.900. The van der Waals surface area contributed by atoms with Crippen LogP contribution in [-0.2, 0) is 9.53 Å². The van der Waals surface area contributed by atoms with Crippen LogP contribution in [0.1, 0.15) is 32.6 Å². The maximum Gasteiger partial charge on any atom is 0.221 e. The molecule has 2 saturated heterocycles. The van der Waals surface area contributed by atoms with Crippen LogP contribution in [-0.4, -0.2) is 30.2 Å². The van der Waals surface area contributed by atoms with Crippen molar-refractivity contribution in [3.63, 3.8) is 0 Å². The zero-order valence-electron chi connectivity index (χ0n) is 8.94. The minimum Gasteiger partial charge on any atom is -0.373 e. The second kappa shape index (κ2) is 5.14. The fourth-order valence-corrected chi connectivity index (χ4v) is 2.35. The lowest BCUT2D eigenvalue weighted by atomic mass is 9.95. The summed E-state index contributed by atoms with van der Waals surface area (Å²) in [6, 6.07) is 0.175. The molecule has 2 heterocycles. The highest BCUT2D eigenvalue weighted by atomic mass is 35.5. The number of carbonyl (C=O) groups is 1. The summed E-state index contributed by atoms with van der Waals surface area (Å²) in [6.45, 7) is 1.84. The Morgan fingerprint density at radius 2 is 2.33 bits per heavy atom. The SMILES string of the molecule is CC(N)CC(=O)N[C@@H]1C[C@H]2CC[C@@H]1O2.Cl. The average Bonchev–Trinajstić information content (AvgIpc) is 2.62. The molecule has 0 spiro atoms. The predicted molar refractivity (Wildman–Crippen MR) is 60.0 cm³/mol. The van der Waals surface area contributed by atoms with Crippen molar-refractivity contribution in [1.29, 1.82) is 0 Å². The molecule has 15 heavy (non-hydrogen) atoms. The predicted octanol–water partition coefficient (Wildman–Crippen LogP) is 0.582. The zero-order valence-corrected chi connectivity index (χ0v) is 9.76. The molecule has 0 aliphatic carbocycles. The van der Waals surface area contributed by atoms with E-state index in [9.17, 15) is 4.79 Å². The van der Waals surface area contributed by atoms with E-state index in [1.165, 1.54) is 0 Å². The van der Waals surface area contributed by atoms with E-state index in [0.717, 1.165) is 19.3 Å². The number of carbonyl (C=O) groups excluding carboxylic acids is 1. The van der Waals surface area contributed by atoms with Gasteiger partial charge in [0.15, 0.2) is 0 Å². The third kappa shape index (κ3) is 3.06. The third-order valence-electron chi connectivity index (χ3n) is 2.96. The molecular formula is C10H19ClN2O2. The smallest absolute Gasteiger partial charge is 0.221 e. The highest BCUT2D eigenvalue weighted by Crippen LogP contribution is 2.34. The molecule has 2 rings (SSSR count). The minimum atomic E-state index is -0.0606. The van der Waals surface area contributed by atoms with Crippen molar-refractivity contribution in [3.8, 4) is 0 Å². The Hall–Kier alpha value is -0.320. The Bertz CT molecular complexity index is 235. The maximum atomic E-state index is 11.4. The Kier molecular flexibility index (Phi) is 4.37. The second-order valence-corrected chi connectivity index (χ2v) is 4.47. The number of hydrogen-bond acceptors (Lipinski definition) is 3. The molecule has 3 N–H and O–H groups in total. The van der Waals surface area contributed by atoms with E-state index in [-0.39, 0.29) is 36.5 Å². The van der Waals surface area contributed by atoms with E-state index in [4.69, 9.17) is 10.5 Å². The summed E-state index contributed by atoms with van der Waals surface area (Å²) < 4.78 is 5.64. The number of hydrogen-bond donors (Lipinski definition) is 2. The first-order chi connectivity index (χ1) is 6.65. The summed E-state index contributed by atoms with van der Waals surface area (Å²) >= 11 is 0. The Balaban J connectivity index is 0.00000112. The lowest BCUT2D eigenvalue weighted by Gasteiger charge is -2.20. The van der Waals surface area contributed by atoms with Gasteiger partial charge in [-0.2, -0.15) is 0 Å². The molecule has 2 aliphatic rings. The molecule has 2 aliphatic heterocycles. The second-order valence-electron chi connectivity index (χ2n) is 4.47. The summed E-state index contributed by atoms with van der Waals surface area (Å²) in [6.07, 6.45) is 4.29. The van der Waals surface area contributed by atoms with Gasteiger partial charge in [0.2, 0.25) is 5.91 Å². The molecular weight excluding hydrogens is 216 g/mol. The molecule has 5 heteroatoms. The Morgan fingerprint density at radius 1 is 1.60 bits per heavy atom. The molecule has 1 amide bonds. The number of fused-ring (bicyclic) bond motifs is 2. The van der Waals surface area contributed by atoms with Gasteiger partial charge in [-0.05, 0) is 26.2 Å².